The minimum atomic E-state index is -3.84. The van der Waals surface area contributed by atoms with Gasteiger partial charge in [-0.2, -0.15) is 5.11 Å². The Morgan fingerprint density at radius 3 is 2.34 bits per heavy atom. The zero-order valence-electron chi connectivity index (χ0n) is 16.4. The molecule has 160 valence electrons. The van der Waals surface area contributed by atoms with E-state index in [1.807, 2.05) is 0 Å². The maximum Gasteiger partial charge on any atom is 0.339 e. The van der Waals surface area contributed by atoms with Crippen molar-refractivity contribution in [3.8, 4) is 5.75 Å². The molecule has 9 nitrogen and oxygen atoms in total. The van der Waals surface area contributed by atoms with Crippen LogP contribution in [-0.2, 0) is 10.0 Å². The Morgan fingerprint density at radius 1 is 0.938 bits per heavy atom. The molecule has 0 aliphatic carbocycles. The number of anilines is 1. The minimum absolute atomic E-state index is 0.00303. The summed E-state index contributed by atoms with van der Waals surface area (Å²) in [6, 6.07) is 18.7. The van der Waals surface area contributed by atoms with Crippen molar-refractivity contribution >= 4 is 44.0 Å². The number of carbonyl (C=O) groups is 1. The zero-order valence-corrected chi connectivity index (χ0v) is 17.2. The van der Waals surface area contributed by atoms with Crippen LogP contribution in [0.1, 0.15) is 10.4 Å². The topological polar surface area (TPSA) is 141 Å². The highest BCUT2D eigenvalue weighted by Gasteiger charge is 2.18. The van der Waals surface area contributed by atoms with E-state index in [2.05, 4.69) is 19.9 Å². The van der Waals surface area contributed by atoms with Gasteiger partial charge < -0.3 is 10.2 Å². The minimum Gasteiger partial charge on any atom is -0.505 e. The van der Waals surface area contributed by atoms with Gasteiger partial charge in [-0.15, -0.1) is 5.11 Å². The number of hydrogen-bond acceptors (Lipinski definition) is 7. The molecule has 0 spiro atoms. The molecule has 4 rings (SSSR count). The lowest BCUT2D eigenvalue weighted by Crippen LogP contribution is -2.13. The molecule has 32 heavy (non-hydrogen) atoms. The Bertz CT molecular complexity index is 1440. The number of pyridine rings is 1. The molecule has 1 heterocycles. The molecule has 0 radical (unpaired) electrons. The van der Waals surface area contributed by atoms with Crippen molar-refractivity contribution in [2.24, 2.45) is 10.2 Å². The third kappa shape index (κ3) is 4.25. The Labute approximate surface area is 182 Å². The monoisotopic (exact) mass is 448 g/mol. The predicted octanol–water partition coefficient (Wildman–Crippen LogP) is 4.85. The van der Waals surface area contributed by atoms with Crippen LogP contribution in [0.3, 0.4) is 0 Å². The molecule has 0 unspecified atom stereocenters. The molecule has 0 saturated heterocycles. The molecule has 0 amide bonds. The van der Waals surface area contributed by atoms with E-state index in [1.54, 1.807) is 36.4 Å². The van der Waals surface area contributed by atoms with Crippen LogP contribution in [0.5, 0.6) is 5.75 Å². The van der Waals surface area contributed by atoms with E-state index in [4.69, 9.17) is 0 Å². The van der Waals surface area contributed by atoms with Gasteiger partial charge in [-0.05, 0) is 47.9 Å². The molecule has 0 fully saturated rings. The normalized spacial score (nSPS) is 11.6. The first-order valence-corrected chi connectivity index (χ1v) is 10.8. The second-order valence-corrected chi connectivity index (χ2v) is 8.34. The van der Waals surface area contributed by atoms with Crippen molar-refractivity contribution in [1.29, 1.82) is 0 Å². The van der Waals surface area contributed by atoms with Crippen molar-refractivity contribution in [1.82, 2.24) is 4.98 Å². The average Bonchev–Trinajstić information content (AvgIpc) is 2.78. The number of aromatic hydroxyl groups is 1. The van der Waals surface area contributed by atoms with E-state index >= 15 is 0 Å². The summed E-state index contributed by atoms with van der Waals surface area (Å²) in [7, 11) is -3.84. The molecule has 0 atom stereocenters. The molecule has 3 aromatic carbocycles. The molecule has 4 aromatic rings. The fourth-order valence-corrected chi connectivity index (χ4v) is 4.01. The van der Waals surface area contributed by atoms with E-state index < -0.39 is 21.7 Å². The lowest BCUT2D eigenvalue weighted by molar-refractivity contribution is 0.0694. The second kappa shape index (κ2) is 8.44. The fraction of sp³-hybridized carbons (Fsp3) is 0. The van der Waals surface area contributed by atoms with Gasteiger partial charge in [0.1, 0.15) is 17.1 Å². The van der Waals surface area contributed by atoms with Gasteiger partial charge in [-0.25, -0.2) is 18.2 Å². The summed E-state index contributed by atoms with van der Waals surface area (Å²) in [6.07, 6.45) is 1.47. The quantitative estimate of drug-likeness (QED) is 0.360. The van der Waals surface area contributed by atoms with E-state index in [0.717, 1.165) is 0 Å². The van der Waals surface area contributed by atoms with Crippen LogP contribution in [0.15, 0.2) is 94.1 Å². The van der Waals surface area contributed by atoms with Crippen LogP contribution in [0.2, 0.25) is 0 Å². The molecular formula is C22H16N4O5S. The van der Waals surface area contributed by atoms with Crippen LogP contribution in [0.25, 0.3) is 10.8 Å². The summed E-state index contributed by atoms with van der Waals surface area (Å²) in [5.41, 5.74) is 0.0275. The first-order chi connectivity index (χ1) is 15.3. The highest BCUT2D eigenvalue weighted by Crippen LogP contribution is 2.39. The number of hydrogen-bond donors (Lipinski definition) is 3. The third-order valence-electron chi connectivity index (χ3n) is 4.54. The first kappa shape index (κ1) is 20.9. The number of rotatable bonds is 6. The van der Waals surface area contributed by atoms with E-state index in [1.165, 1.54) is 42.6 Å². The molecular weight excluding hydrogens is 432 g/mol. The fourth-order valence-electron chi connectivity index (χ4n) is 3.00. The summed E-state index contributed by atoms with van der Waals surface area (Å²) in [5.74, 6) is -1.60. The highest BCUT2D eigenvalue weighted by atomic mass is 32.2. The predicted molar refractivity (Wildman–Crippen MR) is 118 cm³/mol. The van der Waals surface area contributed by atoms with Gasteiger partial charge in [0.05, 0.1) is 10.6 Å². The summed E-state index contributed by atoms with van der Waals surface area (Å²) in [6.45, 7) is 0. The first-order valence-electron chi connectivity index (χ1n) is 9.29. The Balaban J connectivity index is 1.64. The van der Waals surface area contributed by atoms with Crippen molar-refractivity contribution < 1.29 is 23.4 Å². The number of azo groups is 1. The number of carboxylic acids is 1. The van der Waals surface area contributed by atoms with Crippen LogP contribution in [0, 0.1) is 0 Å². The number of nitrogens with one attached hydrogen (secondary N) is 1. The summed E-state index contributed by atoms with van der Waals surface area (Å²) in [4.78, 5) is 15.4. The Hall–Kier alpha value is -4.31. The van der Waals surface area contributed by atoms with Crippen LogP contribution in [-0.4, -0.2) is 29.6 Å². The number of fused-ring (bicyclic) bond motifs is 1. The second-order valence-electron chi connectivity index (χ2n) is 6.66. The molecule has 0 saturated carbocycles. The Kier molecular flexibility index (Phi) is 5.52. The van der Waals surface area contributed by atoms with Crippen molar-refractivity contribution in [2.45, 2.75) is 4.90 Å². The van der Waals surface area contributed by atoms with Gasteiger partial charge in [0.15, 0.2) is 5.75 Å². The molecule has 1 aromatic heterocycles. The van der Waals surface area contributed by atoms with Crippen molar-refractivity contribution in [3.63, 3.8) is 0 Å². The van der Waals surface area contributed by atoms with Gasteiger partial charge in [0.25, 0.3) is 10.0 Å². The van der Waals surface area contributed by atoms with Crippen LogP contribution < -0.4 is 4.72 Å². The highest BCUT2D eigenvalue weighted by molar-refractivity contribution is 7.92. The number of phenols is 1. The third-order valence-corrected chi connectivity index (χ3v) is 5.91. The number of aromatic carboxylic acids is 1. The van der Waals surface area contributed by atoms with Crippen molar-refractivity contribution in [3.05, 3.63) is 84.6 Å². The van der Waals surface area contributed by atoms with E-state index in [9.17, 15) is 23.4 Å². The lowest BCUT2D eigenvalue weighted by atomic mass is 10.0. The zero-order chi connectivity index (χ0) is 22.7. The van der Waals surface area contributed by atoms with Gasteiger partial charge in [-0.3, -0.25) is 4.72 Å². The standard InChI is InChI=1S/C22H16N4O5S/c27-21-18(22(28)29)13-14-5-1-2-6-17(14)20(21)25-24-15-8-10-16(11-9-15)32(30,31)26-19-7-3-4-12-23-19/h1-13,27H,(H,23,26)(H,28,29). The van der Waals surface area contributed by atoms with Crippen LogP contribution in [0.4, 0.5) is 17.2 Å². The molecule has 0 bridgehead atoms. The molecule has 10 heteroatoms. The molecule has 3 N–H and O–H groups in total. The van der Waals surface area contributed by atoms with Gasteiger partial charge in [-0.1, -0.05) is 30.3 Å². The summed E-state index contributed by atoms with van der Waals surface area (Å²) < 4.78 is 27.4. The molecule has 0 aliphatic heterocycles. The van der Waals surface area contributed by atoms with Crippen LogP contribution >= 0.6 is 0 Å². The van der Waals surface area contributed by atoms with Gasteiger partial charge >= 0.3 is 5.97 Å². The lowest BCUT2D eigenvalue weighted by Gasteiger charge is -2.08. The number of benzene rings is 3. The van der Waals surface area contributed by atoms with E-state index in [-0.39, 0.29) is 22.0 Å². The number of aromatic nitrogens is 1. The summed E-state index contributed by atoms with van der Waals surface area (Å²) >= 11 is 0. The van der Waals surface area contributed by atoms with Gasteiger partial charge in [0.2, 0.25) is 0 Å². The number of nitrogens with zero attached hydrogens (tertiary/aromatic N) is 3. The largest absolute Gasteiger partial charge is 0.505 e. The van der Waals surface area contributed by atoms with E-state index in [0.29, 0.717) is 16.5 Å². The van der Waals surface area contributed by atoms with Gasteiger partial charge in [0, 0.05) is 11.6 Å². The average molecular weight is 448 g/mol. The Morgan fingerprint density at radius 2 is 1.66 bits per heavy atom. The smallest absolute Gasteiger partial charge is 0.339 e. The number of sulfonamides is 1. The number of carboxylic acid groups (broad SMARTS) is 1. The summed E-state index contributed by atoms with van der Waals surface area (Å²) in [5, 5.41) is 28.9. The SMILES string of the molecule is O=C(O)c1cc2ccccc2c(N=Nc2ccc(S(=O)(=O)Nc3ccccn3)cc2)c1O. The molecule has 0 aliphatic rings. The maximum atomic E-state index is 12.5. The maximum absolute atomic E-state index is 12.5. The van der Waals surface area contributed by atoms with Crippen molar-refractivity contribution in [2.75, 3.05) is 4.72 Å².